The Morgan fingerprint density at radius 1 is 0.925 bits per heavy atom. The van der Waals surface area contributed by atoms with Crippen molar-refractivity contribution in [3.8, 4) is 11.3 Å². The number of carbonyl (C=O) groups excluding carboxylic acids is 1. The first kappa shape index (κ1) is 33.2. The molecule has 0 unspecified atom stereocenters. The molecule has 0 saturated heterocycles. The highest BCUT2D eigenvalue weighted by atomic mass is 31.2. The van der Waals surface area contributed by atoms with Crippen molar-refractivity contribution in [2.45, 2.75) is 25.9 Å². The molecule has 1 aliphatic rings. The van der Waals surface area contributed by atoms with Gasteiger partial charge in [0, 0.05) is 24.3 Å². The van der Waals surface area contributed by atoms with Gasteiger partial charge in [-0.15, -0.1) is 0 Å². The van der Waals surface area contributed by atoms with Crippen molar-refractivity contribution in [2.75, 3.05) is 18.4 Å². The van der Waals surface area contributed by atoms with Crippen LogP contribution in [0.2, 0.25) is 0 Å². The van der Waals surface area contributed by atoms with Gasteiger partial charge in [-0.2, -0.15) is 0 Å². The van der Waals surface area contributed by atoms with Crippen LogP contribution < -0.4 is 11.1 Å². The third kappa shape index (κ3) is 9.86. The average molecular weight is 607 g/mol. The molecule has 0 aliphatic carbocycles. The number of fused-ring (bicyclic) bond motifs is 1. The highest BCUT2D eigenvalue weighted by Gasteiger charge is 2.41. The zero-order valence-corrected chi connectivity index (χ0v) is 23.0. The smallest absolute Gasteiger partial charge is 0.340 e. The standard InChI is InChI=1S/C22H23F2N5O.2H3O4P/c1-22(2)21-27-19(14-3-5-15(23)6-4-14)20(26-17-9-7-16(24)8-10-17)28(21)11-12-29(22)18(30)13-25;2*1-5(2,3)4/h3-10,26H,11-13,25H2,1-2H3;2*(H3,1,2,3,4). The van der Waals surface area contributed by atoms with Gasteiger partial charge in [0.1, 0.15) is 29.0 Å². The van der Waals surface area contributed by atoms with Crippen LogP contribution in [-0.2, 0) is 26.0 Å². The second kappa shape index (κ2) is 13.1. The Kier molecular flexibility index (Phi) is 10.8. The minimum Gasteiger partial charge on any atom is -0.340 e. The maximum atomic E-state index is 13.5. The number of imidazole rings is 1. The van der Waals surface area contributed by atoms with Crippen molar-refractivity contribution >= 4 is 33.1 Å². The number of nitrogens with one attached hydrogen (secondary N) is 1. The normalized spacial score (nSPS) is 14.2. The summed E-state index contributed by atoms with van der Waals surface area (Å²) in [5.74, 6) is 0.587. The monoisotopic (exact) mass is 607 g/mol. The number of benzene rings is 2. The lowest BCUT2D eigenvalue weighted by molar-refractivity contribution is -0.137. The number of aromatic nitrogens is 2. The molecule has 14 nitrogen and oxygen atoms in total. The van der Waals surface area contributed by atoms with Gasteiger partial charge in [0.15, 0.2) is 0 Å². The van der Waals surface area contributed by atoms with E-state index in [1.54, 1.807) is 29.2 Å². The molecule has 1 aliphatic heterocycles. The van der Waals surface area contributed by atoms with Crippen LogP contribution in [0.3, 0.4) is 0 Å². The number of halogens is 2. The van der Waals surface area contributed by atoms with Crippen molar-refractivity contribution < 1.29 is 52.1 Å². The van der Waals surface area contributed by atoms with Crippen molar-refractivity contribution in [3.05, 3.63) is 66.0 Å². The number of hydrogen-bond acceptors (Lipinski definition) is 6. The van der Waals surface area contributed by atoms with Gasteiger partial charge in [-0.05, 0) is 62.4 Å². The summed E-state index contributed by atoms with van der Waals surface area (Å²) < 4.78 is 46.6. The fraction of sp³-hybridized carbons (Fsp3) is 0.273. The van der Waals surface area contributed by atoms with Gasteiger partial charge in [-0.25, -0.2) is 22.9 Å². The second-order valence-corrected chi connectivity index (χ2v) is 10.8. The quantitative estimate of drug-likeness (QED) is 0.198. The van der Waals surface area contributed by atoms with Gasteiger partial charge in [0.2, 0.25) is 5.91 Å². The molecule has 220 valence electrons. The average Bonchev–Trinajstić information content (AvgIpc) is 3.18. The molecule has 2 aromatic carbocycles. The molecule has 3 aromatic rings. The van der Waals surface area contributed by atoms with Crippen LogP contribution in [0, 0.1) is 11.6 Å². The topological polar surface area (TPSA) is 232 Å². The largest absolute Gasteiger partial charge is 0.466 e. The molecule has 1 aromatic heterocycles. The van der Waals surface area contributed by atoms with E-state index in [1.165, 1.54) is 24.3 Å². The number of anilines is 2. The summed E-state index contributed by atoms with van der Waals surface area (Å²) in [7, 11) is -9.28. The lowest BCUT2D eigenvalue weighted by Crippen LogP contribution is -2.53. The van der Waals surface area contributed by atoms with Crippen molar-refractivity contribution in [3.63, 3.8) is 0 Å². The van der Waals surface area contributed by atoms with E-state index in [0.29, 0.717) is 36.1 Å². The summed E-state index contributed by atoms with van der Waals surface area (Å²) in [4.78, 5) is 62.1. The van der Waals surface area contributed by atoms with Crippen LogP contribution >= 0.6 is 15.6 Å². The van der Waals surface area contributed by atoms with E-state index in [9.17, 15) is 13.6 Å². The molecular formula is C22H29F2N5O9P2. The molecule has 4 rings (SSSR count). The molecule has 40 heavy (non-hydrogen) atoms. The number of nitrogens with zero attached hydrogens (tertiary/aromatic N) is 3. The summed E-state index contributed by atoms with van der Waals surface area (Å²) in [6.07, 6.45) is 0. The van der Waals surface area contributed by atoms with E-state index in [0.717, 1.165) is 5.56 Å². The SMILES string of the molecule is CC1(C)c2nc(-c3ccc(F)cc3)c(Nc3ccc(F)cc3)n2CCN1C(=O)CN.O=P(O)(O)O.O=P(O)(O)O. The van der Waals surface area contributed by atoms with Gasteiger partial charge < -0.3 is 49.9 Å². The first-order chi connectivity index (χ1) is 18.3. The summed E-state index contributed by atoms with van der Waals surface area (Å²) in [5, 5.41) is 3.33. The molecule has 0 fully saturated rings. The number of hydrogen-bond donors (Lipinski definition) is 8. The number of amides is 1. The molecule has 18 heteroatoms. The zero-order chi connectivity index (χ0) is 30.5. The fourth-order valence-electron chi connectivity index (χ4n) is 3.89. The van der Waals surface area contributed by atoms with Crippen molar-refractivity contribution in [1.82, 2.24) is 14.5 Å². The van der Waals surface area contributed by atoms with Crippen LogP contribution in [0.25, 0.3) is 11.3 Å². The number of rotatable bonds is 4. The molecule has 2 heterocycles. The van der Waals surface area contributed by atoms with E-state index in [4.69, 9.17) is 49.2 Å². The Balaban J connectivity index is 0.000000482. The first-order valence-electron chi connectivity index (χ1n) is 11.3. The Labute approximate surface area is 227 Å². The first-order valence-corrected chi connectivity index (χ1v) is 14.4. The maximum absolute atomic E-state index is 13.5. The van der Waals surface area contributed by atoms with Crippen molar-refractivity contribution in [2.24, 2.45) is 5.73 Å². The van der Waals surface area contributed by atoms with E-state index < -0.39 is 21.2 Å². The minimum absolute atomic E-state index is 0.0738. The van der Waals surface area contributed by atoms with Gasteiger partial charge in [0.05, 0.1) is 12.1 Å². The molecule has 0 bridgehead atoms. The number of carbonyl (C=O) groups is 1. The lowest BCUT2D eigenvalue weighted by atomic mass is 9.99. The van der Waals surface area contributed by atoms with Gasteiger partial charge in [-0.1, -0.05) is 0 Å². The van der Waals surface area contributed by atoms with Crippen LogP contribution in [0.15, 0.2) is 48.5 Å². The Morgan fingerprint density at radius 3 is 1.82 bits per heavy atom. The van der Waals surface area contributed by atoms with Crippen molar-refractivity contribution in [1.29, 1.82) is 0 Å². The summed E-state index contributed by atoms with van der Waals surface area (Å²) in [6.45, 7) is 4.77. The Bertz CT molecular complexity index is 1370. The minimum atomic E-state index is -4.64. The van der Waals surface area contributed by atoms with E-state index in [2.05, 4.69) is 5.32 Å². The highest BCUT2D eigenvalue weighted by Crippen LogP contribution is 2.39. The summed E-state index contributed by atoms with van der Waals surface area (Å²) >= 11 is 0. The maximum Gasteiger partial charge on any atom is 0.466 e. The van der Waals surface area contributed by atoms with Crippen LogP contribution in [0.4, 0.5) is 20.3 Å². The van der Waals surface area contributed by atoms with Crippen LogP contribution in [-0.4, -0.2) is 62.8 Å². The molecular weight excluding hydrogens is 578 g/mol. The highest BCUT2D eigenvalue weighted by molar-refractivity contribution is 7.45. The molecule has 0 atom stereocenters. The molecule has 0 radical (unpaired) electrons. The summed E-state index contributed by atoms with van der Waals surface area (Å²) in [5.41, 5.74) is 6.97. The van der Waals surface area contributed by atoms with E-state index >= 15 is 0 Å². The molecule has 0 spiro atoms. The predicted molar refractivity (Wildman–Crippen MR) is 140 cm³/mol. The predicted octanol–water partition coefficient (Wildman–Crippen LogP) is 1.75. The molecule has 1 amide bonds. The number of phosphoric acid groups is 2. The van der Waals surface area contributed by atoms with E-state index in [-0.39, 0.29) is 24.1 Å². The van der Waals surface area contributed by atoms with E-state index in [1.807, 2.05) is 18.4 Å². The Hall–Kier alpha value is -3.04. The van der Waals surface area contributed by atoms with Gasteiger partial charge in [0.25, 0.3) is 0 Å². The zero-order valence-electron chi connectivity index (χ0n) is 21.2. The third-order valence-electron chi connectivity index (χ3n) is 5.44. The van der Waals surface area contributed by atoms with Gasteiger partial charge in [-0.3, -0.25) is 4.79 Å². The molecule has 9 N–H and O–H groups in total. The third-order valence-corrected chi connectivity index (χ3v) is 5.44. The lowest BCUT2D eigenvalue weighted by Gasteiger charge is -2.42. The van der Waals surface area contributed by atoms with Crippen LogP contribution in [0.5, 0.6) is 0 Å². The van der Waals surface area contributed by atoms with Crippen LogP contribution in [0.1, 0.15) is 19.7 Å². The Morgan fingerprint density at radius 2 is 1.38 bits per heavy atom. The summed E-state index contributed by atoms with van der Waals surface area (Å²) in [6, 6.07) is 12.1. The number of nitrogens with two attached hydrogens (primary N) is 1. The second-order valence-electron chi connectivity index (χ2n) is 8.76. The fourth-order valence-corrected chi connectivity index (χ4v) is 3.89. The molecule has 0 saturated carbocycles. The van der Waals surface area contributed by atoms with Gasteiger partial charge >= 0.3 is 15.6 Å².